The van der Waals surface area contributed by atoms with Gasteiger partial charge >= 0.3 is 6.09 Å². The molecule has 0 aliphatic carbocycles. The Labute approximate surface area is 198 Å². The van der Waals surface area contributed by atoms with Crippen LogP contribution in [0.3, 0.4) is 0 Å². The van der Waals surface area contributed by atoms with Crippen LogP contribution >= 0.6 is 0 Å². The Morgan fingerprint density at radius 1 is 0.743 bits per heavy atom. The van der Waals surface area contributed by atoms with Gasteiger partial charge in [0.25, 0.3) is 30.4 Å². The number of amides is 1. The summed E-state index contributed by atoms with van der Waals surface area (Å²) in [6.07, 6.45) is -1.02. The number of hydrogen-bond acceptors (Lipinski definition) is 9. The zero-order chi connectivity index (χ0) is 25.9. The SMILES string of the molecule is NCCNC(=O)Oc1cc(S(=O)(=O)O)c2ccc3c(S(=O)(=O)O)cc(S(=O)(=O)O)c4ccc1c2c43. The molecule has 0 unspecified atom stereocenters. The monoisotopic (exact) mass is 544 g/mol. The minimum absolute atomic E-state index is 0.0191. The molecule has 16 heteroatoms. The predicted octanol–water partition coefficient (Wildman–Crippen LogP) is 1.37. The van der Waals surface area contributed by atoms with E-state index in [4.69, 9.17) is 10.5 Å². The third-order valence-electron chi connectivity index (χ3n) is 5.20. The second kappa shape index (κ2) is 8.23. The summed E-state index contributed by atoms with van der Waals surface area (Å²) in [6, 6.07) is 6.10. The Balaban J connectivity index is 2.27. The standard InChI is InChI=1S/C19H16N2O11S3/c20-5-6-21-19(22)32-13-7-14(33(23,24)25)10-3-4-12-16(35(29,30)31)8-15(34(26,27)28)11-2-1-9(13)17(10)18(11)12/h1-4,7-8H,5-6,20H2,(H,21,22)(H,23,24,25)(H,26,27,28)(H,29,30,31). The maximum atomic E-state index is 12.2. The summed E-state index contributed by atoms with van der Waals surface area (Å²) in [5.41, 5.74) is 5.32. The maximum absolute atomic E-state index is 12.2. The summed E-state index contributed by atoms with van der Waals surface area (Å²) in [4.78, 5) is 9.64. The van der Waals surface area contributed by atoms with E-state index in [2.05, 4.69) is 5.32 Å². The van der Waals surface area contributed by atoms with Crippen LogP contribution in [0.5, 0.6) is 5.75 Å². The zero-order valence-corrected chi connectivity index (χ0v) is 19.7. The van der Waals surface area contributed by atoms with Crippen molar-refractivity contribution in [1.82, 2.24) is 5.32 Å². The molecule has 4 rings (SSSR count). The quantitative estimate of drug-likeness (QED) is 0.171. The van der Waals surface area contributed by atoms with Crippen LogP contribution in [-0.4, -0.2) is 58.1 Å². The molecule has 0 atom stereocenters. The maximum Gasteiger partial charge on any atom is 0.412 e. The van der Waals surface area contributed by atoms with Gasteiger partial charge in [-0.1, -0.05) is 18.2 Å². The molecule has 0 spiro atoms. The van der Waals surface area contributed by atoms with Crippen molar-refractivity contribution in [2.45, 2.75) is 14.7 Å². The van der Waals surface area contributed by atoms with E-state index >= 15 is 0 Å². The van der Waals surface area contributed by atoms with Gasteiger partial charge in [0.05, 0.1) is 0 Å². The van der Waals surface area contributed by atoms with Gasteiger partial charge in [0.1, 0.15) is 20.4 Å². The highest BCUT2D eigenvalue weighted by molar-refractivity contribution is 7.87. The fourth-order valence-corrected chi connectivity index (χ4v) is 6.11. The highest BCUT2D eigenvalue weighted by Gasteiger charge is 2.28. The predicted molar refractivity (Wildman–Crippen MR) is 123 cm³/mol. The topological polar surface area (TPSA) is 227 Å². The average Bonchev–Trinajstić information content (AvgIpc) is 2.73. The zero-order valence-electron chi connectivity index (χ0n) is 17.3. The number of benzene rings is 4. The van der Waals surface area contributed by atoms with E-state index in [0.717, 1.165) is 18.2 Å². The van der Waals surface area contributed by atoms with Gasteiger partial charge in [-0.2, -0.15) is 25.3 Å². The molecule has 1 amide bonds. The third kappa shape index (κ3) is 4.36. The van der Waals surface area contributed by atoms with Crippen molar-refractivity contribution in [2.75, 3.05) is 13.1 Å². The lowest BCUT2D eigenvalue weighted by Crippen LogP contribution is -2.31. The Morgan fingerprint density at radius 3 is 1.57 bits per heavy atom. The molecule has 0 aliphatic rings. The average molecular weight is 545 g/mol. The number of carbonyl (C=O) groups excluding carboxylic acids is 1. The second-order valence-electron chi connectivity index (χ2n) is 7.35. The molecule has 13 nitrogen and oxygen atoms in total. The lowest BCUT2D eigenvalue weighted by Gasteiger charge is -2.18. The molecule has 0 saturated heterocycles. The van der Waals surface area contributed by atoms with Gasteiger partial charge in [0, 0.05) is 51.5 Å². The van der Waals surface area contributed by atoms with Gasteiger partial charge in [0.15, 0.2) is 0 Å². The number of carbonyl (C=O) groups is 1. The van der Waals surface area contributed by atoms with Crippen molar-refractivity contribution in [1.29, 1.82) is 0 Å². The Hall–Kier alpha value is -3.12. The van der Waals surface area contributed by atoms with Crippen LogP contribution in [0.1, 0.15) is 0 Å². The Bertz CT molecular complexity index is 1800. The van der Waals surface area contributed by atoms with E-state index in [9.17, 15) is 43.7 Å². The molecule has 0 bridgehead atoms. The molecule has 0 fully saturated rings. The number of nitrogens with two attached hydrogens (primary N) is 1. The van der Waals surface area contributed by atoms with Crippen LogP contribution < -0.4 is 15.8 Å². The Morgan fingerprint density at radius 2 is 1.14 bits per heavy atom. The molecule has 0 heterocycles. The first-order valence-electron chi connectivity index (χ1n) is 9.51. The molecule has 0 saturated carbocycles. The van der Waals surface area contributed by atoms with Crippen LogP contribution in [0.25, 0.3) is 32.3 Å². The molecule has 0 aliphatic heterocycles. The molecule has 6 N–H and O–H groups in total. The van der Waals surface area contributed by atoms with Gasteiger partial charge < -0.3 is 15.8 Å². The summed E-state index contributed by atoms with van der Waals surface area (Å²) >= 11 is 0. The number of ether oxygens (including phenoxy) is 1. The van der Waals surface area contributed by atoms with Crippen LogP contribution in [0.2, 0.25) is 0 Å². The second-order valence-corrected chi connectivity index (χ2v) is 11.5. The molecule has 0 aromatic heterocycles. The highest BCUT2D eigenvalue weighted by atomic mass is 32.2. The molecule has 35 heavy (non-hydrogen) atoms. The minimum atomic E-state index is -5.04. The first-order valence-corrected chi connectivity index (χ1v) is 13.8. The summed E-state index contributed by atoms with van der Waals surface area (Å²) < 4.78 is 107. The van der Waals surface area contributed by atoms with Gasteiger partial charge in [-0.05, 0) is 12.1 Å². The van der Waals surface area contributed by atoms with Crippen molar-refractivity contribution < 1.29 is 48.4 Å². The van der Waals surface area contributed by atoms with Crippen LogP contribution in [-0.2, 0) is 30.4 Å². The van der Waals surface area contributed by atoms with Crippen molar-refractivity contribution in [3.05, 3.63) is 36.4 Å². The smallest absolute Gasteiger partial charge is 0.410 e. The van der Waals surface area contributed by atoms with E-state index < -0.39 is 51.1 Å². The van der Waals surface area contributed by atoms with Gasteiger partial charge in [-0.15, -0.1) is 0 Å². The van der Waals surface area contributed by atoms with E-state index in [0.29, 0.717) is 6.07 Å². The van der Waals surface area contributed by atoms with E-state index in [1.54, 1.807) is 0 Å². The van der Waals surface area contributed by atoms with Crippen LogP contribution in [0, 0.1) is 0 Å². The molecular formula is C19H16N2O11S3. The summed E-state index contributed by atoms with van der Waals surface area (Å²) in [6.45, 7) is 0.0892. The van der Waals surface area contributed by atoms with Gasteiger partial charge in [-0.25, -0.2) is 4.79 Å². The fourth-order valence-electron chi connectivity index (χ4n) is 3.90. The Kier molecular flexibility index (Phi) is 5.88. The van der Waals surface area contributed by atoms with Crippen molar-refractivity contribution in [3.63, 3.8) is 0 Å². The molecular weight excluding hydrogens is 528 g/mol. The molecule has 4 aromatic carbocycles. The van der Waals surface area contributed by atoms with Gasteiger partial charge in [0.2, 0.25) is 0 Å². The van der Waals surface area contributed by atoms with E-state index in [-0.39, 0.29) is 51.2 Å². The largest absolute Gasteiger partial charge is 0.412 e. The molecule has 4 aromatic rings. The number of hydrogen-bond donors (Lipinski definition) is 5. The number of rotatable bonds is 6. The van der Waals surface area contributed by atoms with E-state index in [1.807, 2.05) is 0 Å². The van der Waals surface area contributed by atoms with Crippen LogP contribution in [0.4, 0.5) is 4.79 Å². The molecule has 0 radical (unpaired) electrons. The summed E-state index contributed by atoms with van der Waals surface area (Å²) in [7, 11) is -15.0. The summed E-state index contributed by atoms with van der Waals surface area (Å²) in [5, 5.41) is 1.40. The first kappa shape index (κ1) is 25.0. The molecule has 186 valence electrons. The minimum Gasteiger partial charge on any atom is -0.410 e. The number of nitrogens with one attached hydrogen (secondary N) is 1. The van der Waals surface area contributed by atoms with E-state index in [1.165, 1.54) is 12.1 Å². The highest BCUT2D eigenvalue weighted by Crippen LogP contribution is 2.45. The van der Waals surface area contributed by atoms with Crippen molar-refractivity contribution in [2.24, 2.45) is 5.73 Å². The summed E-state index contributed by atoms with van der Waals surface area (Å²) in [5.74, 6) is -0.375. The van der Waals surface area contributed by atoms with Crippen molar-refractivity contribution in [3.8, 4) is 5.75 Å². The van der Waals surface area contributed by atoms with Crippen LogP contribution in [0.15, 0.2) is 51.1 Å². The first-order chi connectivity index (χ1) is 16.1. The van der Waals surface area contributed by atoms with Gasteiger partial charge in [-0.3, -0.25) is 13.7 Å². The van der Waals surface area contributed by atoms with Crippen molar-refractivity contribution >= 4 is 68.8 Å². The lowest BCUT2D eigenvalue weighted by atomic mass is 9.93. The lowest BCUT2D eigenvalue weighted by molar-refractivity contribution is 0.201. The fraction of sp³-hybridized carbons (Fsp3) is 0.105. The normalized spacial score (nSPS) is 13.0. The third-order valence-corrected chi connectivity index (χ3v) is 7.88.